The number of amides is 1. The summed E-state index contributed by atoms with van der Waals surface area (Å²) < 4.78 is 6.74. The molecule has 0 bridgehead atoms. The second-order valence-electron chi connectivity index (χ2n) is 6.81. The standard InChI is InChI=1S/C20H25ClN6O2S/c1-5-15(19(28)23-9-10-29-4)30-20-24-18-16(12(3)25-26-18)17(22)27(20)14-8-6-7-13(21)11(14)2/h6-8,15,22H,5,9-10H2,1-4H3,(H,23,28)(H,25,26). The number of H-pyrrole nitrogens is 1. The Morgan fingerprint density at radius 1 is 1.43 bits per heavy atom. The number of halogens is 1. The molecule has 1 atom stereocenters. The maximum atomic E-state index is 12.7. The van der Waals surface area contributed by atoms with Crippen LogP contribution in [0.4, 0.5) is 0 Å². The molecule has 3 rings (SSSR count). The van der Waals surface area contributed by atoms with E-state index >= 15 is 0 Å². The smallest absolute Gasteiger partial charge is 0.233 e. The summed E-state index contributed by atoms with van der Waals surface area (Å²) >= 11 is 7.67. The molecule has 3 N–H and O–H groups in total. The first-order valence-corrected chi connectivity index (χ1v) is 10.9. The van der Waals surface area contributed by atoms with Gasteiger partial charge in [0, 0.05) is 24.4 Å². The van der Waals surface area contributed by atoms with Crippen LogP contribution in [0, 0.1) is 19.3 Å². The molecular weight excluding hydrogens is 424 g/mol. The molecule has 1 unspecified atom stereocenters. The highest BCUT2D eigenvalue weighted by atomic mass is 35.5. The Morgan fingerprint density at radius 2 is 2.20 bits per heavy atom. The van der Waals surface area contributed by atoms with E-state index < -0.39 is 0 Å². The summed E-state index contributed by atoms with van der Waals surface area (Å²) in [4.78, 5) is 17.3. The van der Waals surface area contributed by atoms with Gasteiger partial charge in [0.1, 0.15) is 5.49 Å². The summed E-state index contributed by atoms with van der Waals surface area (Å²) in [6, 6.07) is 5.54. The van der Waals surface area contributed by atoms with E-state index in [2.05, 4.69) is 20.5 Å². The lowest BCUT2D eigenvalue weighted by molar-refractivity contribution is -0.120. The normalized spacial score (nSPS) is 12.3. The van der Waals surface area contributed by atoms with Gasteiger partial charge in [-0.25, -0.2) is 4.98 Å². The third-order valence-corrected chi connectivity index (χ3v) is 6.50. The number of nitrogens with zero attached hydrogens (tertiary/aromatic N) is 3. The molecule has 160 valence electrons. The van der Waals surface area contributed by atoms with Crippen molar-refractivity contribution in [3.8, 4) is 5.69 Å². The van der Waals surface area contributed by atoms with Crippen LogP contribution in [0.25, 0.3) is 16.7 Å². The maximum absolute atomic E-state index is 12.7. The van der Waals surface area contributed by atoms with Crippen LogP contribution >= 0.6 is 23.4 Å². The van der Waals surface area contributed by atoms with Gasteiger partial charge in [-0.05, 0) is 38.0 Å². The van der Waals surface area contributed by atoms with Crippen molar-refractivity contribution in [2.24, 2.45) is 0 Å². The van der Waals surface area contributed by atoms with Gasteiger partial charge in [-0.3, -0.25) is 19.9 Å². The van der Waals surface area contributed by atoms with E-state index in [1.165, 1.54) is 11.8 Å². The lowest BCUT2D eigenvalue weighted by atomic mass is 10.2. The van der Waals surface area contributed by atoms with Gasteiger partial charge in [0.05, 0.1) is 22.9 Å². The minimum atomic E-state index is -0.378. The minimum Gasteiger partial charge on any atom is -0.383 e. The second-order valence-corrected chi connectivity index (χ2v) is 8.39. The Bertz CT molecular complexity index is 1130. The Hall–Kier alpha value is -2.36. The molecule has 0 fully saturated rings. The summed E-state index contributed by atoms with van der Waals surface area (Å²) in [5.74, 6) is -0.0967. The molecule has 0 aliphatic carbocycles. The zero-order valence-corrected chi connectivity index (χ0v) is 18.9. The first-order valence-electron chi connectivity index (χ1n) is 9.60. The Kier molecular flexibility index (Phi) is 7.17. The molecule has 10 heteroatoms. The van der Waals surface area contributed by atoms with Crippen molar-refractivity contribution in [3.05, 3.63) is 40.0 Å². The van der Waals surface area contributed by atoms with Crippen molar-refractivity contribution in [1.29, 1.82) is 5.41 Å². The third-order valence-electron chi connectivity index (χ3n) is 4.78. The fraction of sp³-hybridized carbons (Fsp3) is 0.400. The number of rotatable bonds is 8. The van der Waals surface area contributed by atoms with E-state index in [9.17, 15) is 4.79 Å². The van der Waals surface area contributed by atoms with Crippen LogP contribution in [0.3, 0.4) is 0 Å². The number of carbonyl (C=O) groups is 1. The number of aryl methyl sites for hydroxylation is 1. The first-order chi connectivity index (χ1) is 14.4. The lowest BCUT2D eigenvalue weighted by Gasteiger charge is -2.19. The highest BCUT2D eigenvalue weighted by Gasteiger charge is 2.23. The number of ether oxygens (including phenoxy) is 1. The van der Waals surface area contributed by atoms with Gasteiger partial charge in [0.25, 0.3) is 0 Å². The van der Waals surface area contributed by atoms with E-state index in [1.54, 1.807) is 11.7 Å². The van der Waals surface area contributed by atoms with Crippen LogP contribution in [0.15, 0.2) is 23.4 Å². The number of nitrogens with one attached hydrogen (secondary N) is 3. The molecule has 2 heterocycles. The number of hydrogen-bond donors (Lipinski definition) is 3. The SMILES string of the molecule is CCC(Sc1nc2n[nH]c(C)c2c(=N)n1-c1cccc(Cl)c1C)C(=O)NCCOC. The van der Waals surface area contributed by atoms with Gasteiger partial charge in [-0.2, -0.15) is 5.10 Å². The number of aromatic amines is 1. The maximum Gasteiger partial charge on any atom is 0.233 e. The average Bonchev–Trinajstić information content (AvgIpc) is 3.09. The van der Waals surface area contributed by atoms with Gasteiger partial charge in [0.15, 0.2) is 10.8 Å². The average molecular weight is 449 g/mol. The number of hydrogen-bond acceptors (Lipinski definition) is 6. The fourth-order valence-electron chi connectivity index (χ4n) is 3.11. The highest BCUT2D eigenvalue weighted by Crippen LogP contribution is 2.29. The van der Waals surface area contributed by atoms with Gasteiger partial charge < -0.3 is 10.1 Å². The second kappa shape index (κ2) is 9.63. The van der Waals surface area contributed by atoms with E-state index in [4.69, 9.17) is 21.7 Å². The summed E-state index contributed by atoms with van der Waals surface area (Å²) in [5, 5.41) is 20.3. The Morgan fingerprint density at radius 3 is 2.90 bits per heavy atom. The van der Waals surface area contributed by atoms with E-state index in [0.29, 0.717) is 40.8 Å². The van der Waals surface area contributed by atoms with Crippen LogP contribution in [-0.4, -0.2) is 51.2 Å². The molecule has 0 aliphatic rings. The molecule has 0 aliphatic heterocycles. The third kappa shape index (κ3) is 4.38. The highest BCUT2D eigenvalue weighted by molar-refractivity contribution is 8.00. The van der Waals surface area contributed by atoms with Crippen molar-refractivity contribution in [3.63, 3.8) is 0 Å². The molecular formula is C20H25ClN6O2S. The number of benzene rings is 1. The molecule has 1 aromatic carbocycles. The predicted octanol–water partition coefficient (Wildman–Crippen LogP) is 3.13. The summed E-state index contributed by atoms with van der Waals surface area (Å²) in [6.07, 6.45) is 0.602. The fourth-order valence-corrected chi connectivity index (χ4v) is 4.32. The Labute approximate surface area is 183 Å². The monoisotopic (exact) mass is 448 g/mol. The van der Waals surface area contributed by atoms with Gasteiger partial charge in [0.2, 0.25) is 5.91 Å². The van der Waals surface area contributed by atoms with Gasteiger partial charge >= 0.3 is 0 Å². The van der Waals surface area contributed by atoms with Crippen LogP contribution in [0.1, 0.15) is 24.6 Å². The molecule has 2 aromatic heterocycles. The van der Waals surface area contributed by atoms with Crippen molar-refractivity contribution >= 4 is 40.3 Å². The zero-order valence-electron chi connectivity index (χ0n) is 17.4. The summed E-state index contributed by atoms with van der Waals surface area (Å²) in [6.45, 7) is 6.59. The number of fused-ring (bicyclic) bond motifs is 1. The van der Waals surface area contributed by atoms with Crippen LogP contribution < -0.4 is 10.8 Å². The van der Waals surface area contributed by atoms with Gasteiger partial charge in [-0.15, -0.1) is 0 Å². The summed E-state index contributed by atoms with van der Waals surface area (Å²) in [7, 11) is 1.59. The molecule has 8 nitrogen and oxygen atoms in total. The van der Waals surface area contributed by atoms with Crippen molar-refractivity contribution < 1.29 is 9.53 Å². The van der Waals surface area contributed by atoms with Crippen molar-refractivity contribution in [2.75, 3.05) is 20.3 Å². The minimum absolute atomic E-state index is 0.0967. The molecule has 0 spiro atoms. The van der Waals surface area contributed by atoms with E-state index in [0.717, 1.165) is 16.9 Å². The van der Waals surface area contributed by atoms with Crippen molar-refractivity contribution in [2.45, 2.75) is 37.6 Å². The topological polar surface area (TPSA) is 109 Å². The van der Waals surface area contributed by atoms with Crippen molar-refractivity contribution in [1.82, 2.24) is 25.1 Å². The Balaban J connectivity index is 2.12. The first kappa shape index (κ1) is 22.3. The molecule has 0 saturated heterocycles. The molecule has 0 saturated carbocycles. The molecule has 0 radical (unpaired) electrons. The molecule has 3 aromatic rings. The number of aromatic nitrogens is 4. The largest absolute Gasteiger partial charge is 0.383 e. The van der Waals surface area contributed by atoms with Crippen LogP contribution in [-0.2, 0) is 9.53 Å². The zero-order chi connectivity index (χ0) is 21.8. The number of thioether (sulfide) groups is 1. The van der Waals surface area contributed by atoms with E-state index in [1.807, 2.05) is 39.0 Å². The van der Waals surface area contributed by atoms with E-state index in [-0.39, 0.29) is 16.6 Å². The molecule has 1 amide bonds. The number of methoxy groups -OCH3 is 1. The lowest BCUT2D eigenvalue weighted by Crippen LogP contribution is -2.35. The van der Waals surface area contributed by atoms with Gasteiger partial charge in [-0.1, -0.05) is 36.4 Å². The number of carbonyl (C=O) groups excluding carboxylic acids is 1. The molecule has 30 heavy (non-hydrogen) atoms. The summed E-state index contributed by atoms with van der Waals surface area (Å²) in [5.41, 5.74) is 3.04. The van der Waals surface area contributed by atoms with Crippen LogP contribution in [0.2, 0.25) is 5.02 Å². The quantitative estimate of drug-likeness (QED) is 0.278. The van der Waals surface area contributed by atoms with Crippen LogP contribution in [0.5, 0.6) is 0 Å². The predicted molar refractivity (Wildman–Crippen MR) is 118 cm³/mol.